The molecule has 2 fully saturated rings. The number of methoxy groups -OCH3 is 1. The van der Waals surface area contributed by atoms with Gasteiger partial charge in [-0.05, 0) is 84.3 Å². The van der Waals surface area contributed by atoms with Gasteiger partial charge in [0.1, 0.15) is 6.61 Å². The molecule has 4 aliphatic rings. The Balaban J connectivity index is 0.00000336. The van der Waals surface area contributed by atoms with Crippen molar-refractivity contribution >= 4 is 35.6 Å². The minimum atomic E-state index is -0.743. The molecule has 2 saturated carbocycles. The molecule has 0 spiro atoms. The molecule has 0 heterocycles. The third kappa shape index (κ3) is 4.86. The third-order valence-corrected chi connectivity index (χ3v) is 9.59. The van der Waals surface area contributed by atoms with Crippen molar-refractivity contribution in [1.29, 1.82) is 0 Å². The molecule has 0 saturated heterocycles. The van der Waals surface area contributed by atoms with Crippen molar-refractivity contribution in [2.24, 2.45) is 23.2 Å². The van der Waals surface area contributed by atoms with Crippen molar-refractivity contribution in [3.8, 4) is 0 Å². The predicted octanol–water partition coefficient (Wildman–Crippen LogP) is 5.45. The van der Waals surface area contributed by atoms with E-state index in [4.69, 9.17) is 9.47 Å². The fourth-order valence-corrected chi connectivity index (χ4v) is 8.01. The van der Waals surface area contributed by atoms with Crippen LogP contribution in [0.25, 0.3) is 0 Å². The first kappa shape index (κ1) is 28.6. The molecule has 38 heavy (non-hydrogen) atoms. The number of hydrogen-bond acceptors (Lipinski definition) is 6. The largest absolute Gasteiger partial charge is 0.454 e. The summed E-state index contributed by atoms with van der Waals surface area (Å²) in [5.41, 5.74) is 6.05. The van der Waals surface area contributed by atoms with E-state index in [1.54, 1.807) is 13.2 Å². The molecule has 0 aliphatic heterocycles. The van der Waals surface area contributed by atoms with E-state index in [1.807, 2.05) is 14.1 Å². The lowest BCUT2D eigenvalue weighted by atomic mass is 9.51. The molecule has 0 amide bonds. The number of ketones is 2. The quantitative estimate of drug-likeness (QED) is 0.446. The Morgan fingerprint density at radius 3 is 2.45 bits per heavy atom. The van der Waals surface area contributed by atoms with E-state index in [0.29, 0.717) is 18.3 Å². The van der Waals surface area contributed by atoms with Crippen LogP contribution in [-0.4, -0.2) is 51.5 Å². The highest BCUT2D eigenvalue weighted by Gasteiger charge is 2.58. The van der Waals surface area contributed by atoms with Gasteiger partial charge in [-0.3, -0.25) is 14.4 Å². The lowest BCUT2D eigenvalue weighted by Crippen LogP contribution is -2.46. The van der Waals surface area contributed by atoms with Gasteiger partial charge in [0, 0.05) is 52.1 Å². The first-order chi connectivity index (χ1) is 17.6. The number of allylic oxidation sites excluding steroid dienone is 2. The minimum absolute atomic E-state index is 0. The molecular weight excluding hydrogens is 502 g/mol. The number of ether oxygens (including phenoxy) is 2. The fourth-order valence-electron chi connectivity index (χ4n) is 8.01. The van der Waals surface area contributed by atoms with E-state index in [9.17, 15) is 14.4 Å². The smallest absolute Gasteiger partial charge is 0.303 e. The van der Waals surface area contributed by atoms with Crippen LogP contribution in [0.3, 0.4) is 0 Å². The summed E-state index contributed by atoms with van der Waals surface area (Å²) in [5, 5.41) is 0. The van der Waals surface area contributed by atoms with Crippen molar-refractivity contribution in [2.45, 2.75) is 64.4 Å². The normalized spacial score (nSPS) is 31.9. The molecule has 1 aromatic carbocycles. The maximum Gasteiger partial charge on any atom is 0.303 e. The maximum absolute atomic E-state index is 13.2. The van der Waals surface area contributed by atoms with Gasteiger partial charge in [0.05, 0.1) is 0 Å². The molecule has 6 nitrogen and oxygen atoms in total. The summed E-state index contributed by atoms with van der Waals surface area (Å²) < 4.78 is 10.7. The number of benzene rings is 1. The van der Waals surface area contributed by atoms with Gasteiger partial charge in [-0.25, -0.2) is 0 Å². The first-order valence-electron chi connectivity index (χ1n) is 13.6. The average Bonchev–Trinajstić information content (AvgIpc) is 3.21. The molecule has 4 aliphatic carbocycles. The number of hydrogen-bond donors (Lipinski definition) is 0. The lowest BCUT2D eigenvalue weighted by Gasteiger charge is -2.52. The molecule has 1 unspecified atom stereocenters. The molecule has 0 bridgehead atoms. The first-order valence-corrected chi connectivity index (χ1v) is 13.6. The number of anilines is 1. The molecule has 206 valence electrons. The van der Waals surface area contributed by atoms with Crippen molar-refractivity contribution in [3.05, 3.63) is 52.6 Å². The maximum atomic E-state index is 13.2. The van der Waals surface area contributed by atoms with Gasteiger partial charge in [0.15, 0.2) is 17.7 Å². The second kappa shape index (κ2) is 11.0. The van der Waals surface area contributed by atoms with Crippen LogP contribution in [0.4, 0.5) is 5.69 Å². The van der Waals surface area contributed by atoms with E-state index >= 15 is 0 Å². The zero-order valence-electron chi connectivity index (χ0n) is 23.1. The van der Waals surface area contributed by atoms with Crippen LogP contribution in [0.5, 0.6) is 0 Å². The minimum Gasteiger partial charge on any atom is -0.454 e. The second-order valence-electron chi connectivity index (χ2n) is 11.8. The highest BCUT2D eigenvalue weighted by molar-refractivity contribution is 5.98. The van der Waals surface area contributed by atoms with Gasteiger partial charge in [0.25, 0.3) is 0 Å². The van der Waals surface area contributed by atoms with Crippen LogP contribution in [-0.2, 0) is 23.9 Å². The Bertz CT molecular complexity index is 1170. The number of carbonyl (C=O) groups excluding carboxylic acids is 3. The second-order valence-corrected chi connectivity index (χ2v) is 11.8. The molecule has 7 heteroatoms. The van der Waals surface area contributed by atoms with Crippen LogP contribution < -0.4 is 4.90 Å². The summed E-state index contributed by atoms with van der Waals surface area (Å²) in [6.45, 7) is 3.88. The highest BCUT2D eigenvalue weighted by atomic mass is 35.5. The molecule has 0 aromatic heterocycles. The Hall–Kier alpha value is -2.44. The standard InChI is InChI=1S/C31H39NO5.ClH/c1-18(33)37-29-15-23-20(14-27(29)34)8-11-22-25-12-13-26(28(35)17-36-5)31(25,2)16-24(30(22)23)19-6-9-21(10-7-19)32(3)4;/h6-7,9-10,14,22,24-26,29H,8,11-13,15-17H2,1-5H3;1H/t22-,24+,25-,26+,29?,31-;/m0./s1. The number of Topliss-reactive ketones (excluding diaryl/α,β-unsaturated/α-hetero) is 1. The number of fused-ring (bicyclic) bond motifs is 4. The number of esters is 1. The van der Waals surface area contributed by atoms with E-state index < -0.39 is 12.1 Å². The summed E-state index contributed by atoms with van der Waals surface area (Å²) in [7, 11) is 5.68. The summed E-state index contributed by atoms with van der Waals surface area (Å²) in [5.74, 6) is 0.636. The van der Waals surface area contributed by atoms with Gasteiger partial charge >= 0.3 is 5.97 Å². The van der Waals surface area contributed by atoms with E-state index in [2.05, 4.69) is 36.1 Å². The third-order valence-electron chi connectivity index (χ3n) is 9.59. The zero-order chi connectivity index (χ0) is 26.5. The predicted molar refractivity (Wildman–Crippen MR) is 150 cm³/mol. The van der Waals surface area contributed by atoms with Crippen LogP contribution >= 0.6 is 12.4 Å². The number of halogens is 1. The van der Waals surface area contributed by atoms with Crippen LogP contribution in [0.2, 0.25) is 0 Å². The Morgan fingerprint density at radius 1 is 1.11 bits per heavy atom. The summed E-state index contributed by atoms with van der Waals surface area (Å²) in [6.07, 6.45) is 6.14. The van der Waals surface area contributed by atoms with Gasteiger partial charge in [-0.15, -0.1) is 12.4 Å². The van der Waals surface area contributed by atoms with Gasteiger partial charge in [-0.1, -0.05) is 24.6 Å². The Kier molecular flexibility index (Phi) is 8.25. The summed E-state index contributed by atoms with van der Waals surface area (Å²) >= 11 is 0. The van der Waals surface area contributed by atoms with E-state index in [0.717, 1.165) is 43.4 Å². The lowest BCUT2D eigenvalue weighted by molar-refractivity contribution is -0.151. The SMILES string of the molecule is COCC(=O)[C@H]1CC[C@H]2[C@@H]3CCC4=CC(=O)C(OC(C)=O)CC4=C3[C@@H](c3ccc(N(C)C)cc3)C[C@]12C.Cl. The molecule has 5 rings (SSSR count). The molecular formula is C31H40ClNO5. The molecule has 0 radical (unpaired) electrons. The van der Waals surface area contributed by atoms with Crippen molar-refractivity contribution in [1.82, 2.24) is 0 Å². The monoisotopic (exact) mass is 541 g/mol. The Morgan fingerprint density at radius 2 is 1.82 bits per heavy atom. The summed E-state index contributed by atoms with van der Waals surface area (Å²) in [4.78, 5) is 39.8. The van der Waals surface area contributed by atoms with Crippen molar-refractivity contribution in [2.75, 3.05) is 32.7 Å². The van der Waals surface area contributed by atoms with Crippen molar-refractivity contribution < 1.29 is 23.9 Å². The highest BCUT2D eigenvalue weighted by Crippen LogP contribution is 2.65. The van der Waals surface area contributed by atoms with E-state index in [1.165, 1.54) is 23.6 Å². The van der Waals surface area contributed by atoms with Gasteiger partial charge in [-0.2, -0.15) is 0 Å². The zero-order valence-corrected chi connectivity index (χ0v) is 23.9. The molecule has 0 N–H and O–H groups in total. The average molecular weight is 542 g/mol. The topological polar surface area (TPSA) is 72.9 Å². The van der Waals surface area contributed by atoms with Gasteiger partial charge in [0.2, 0.25) is 0 Å². The fraction of sp³-hybridized carbons (Fsp3) is 0.581. The van der Waals surface area contributed by atoms with Crippen molar-refractivity contribution in [3.63, 3.8) is 0 Å². The molecule has 1 aromatic rings. The van der Waals surface area contributed by atoms with Crippen LogP contribution in [0.15, 0.2) is 47.1 Å². The van der Waals surface area contributed by atoms with Crippen LogP contribution in [0.1, 0.15) is 63.9 Å². The van der Waals surface area contributed by atoms with E-state index in [-0.39, 0.29) is 47.8 Å². The summed E-state index contributed by atoms with van der Waals surface area (Å²) in [6, 6.07) is 8.78. The van der Waals surface area contributed by atoms with Gasteiger partial charge < -0.3 is 14.4 Å². The van der Waals surface area contributed by atoms with Crippen LogP contribution in [0, 0.1) is 23.2 Å². The number of rotatable bonds is 6. The Labute approximate surface area is 232 Å². The number of carbonyl (C=O) groups is 3. The molecule has 6 atom stereocenters. The number of nitrogens with zero attached hydrogens (tertiary/aromatic N) is 1.